The first-order valence-corrected chi connectivity index (χ1v) is 11.8. The Bertz CT molecular complexity index is 1250. The molecule has 0 saturated carbocycles. The molecule has 0 bridgehead atoms. The molecule has 1 aliphatic rings. The van der Waals surface area contributed by atoms with E-state index in [-0.39, 0.29) is 29.2 Å². The number of fused-ring (bicyclic) bond motifs is 1. The minimum absolute atomic E-state index is 0.0139. The molecule has 4 rings (SSSR count). The number of nitrogens with one attached hydrogen (secondary N) is 2. The molecule has 0 saturated heterocycles. The number of ether oxygens (including phenoxy) is 2. The molecular weight excluding hydrogens is 442 g/mol. The summed E-state index contributed by atoms with van der Waals surface area (Å²) in [6.07, 6.45) is 0. The largest absolute Gasteiger partial charge is 0.454 e. The van der Waals surface area contributed by atoms with Crippen LogP contribution in [0, 0.1) is 0 Å². The van der Waals surface area contributed by atoms with Crippen LogP contribution in [-0.2, 0) is 10.0 Å². The lowest BCUT2D eigenvalue weighted by atomic mass is 10.1. The Labute approximate surface area is 193 Å². The van der Waals surface area contributed by atoms with Gasteiger partial charge in [-0.15, -0.1) is 0 Å². The van der Waals surface area contributed by atoms with Crippen LogP contribution in [0.4, 0.5) is 5.69 Å². The quantitative estimate of drug-likeness (QED) is 0.528. The van der Waals surface area contributed by atoms with Crippen molar-refractivity contribution in [1.82, 2.24) is 10.2 Å². The van der Waals surface area contributed by atoms with E-state index in [0.29, 0.717) is 23.7 Å². The van der Waals surface area contributed by atoms with E-state index in [4.69, 9.17) is 9.47 Å². The molecule has 1 heterocycles. The van der Waals surface area contributed by atoms with Gasteiger partial charge >= 0.3 is 0 Å². The van der Waals surface area contributed by atoms with Crippen LogP contribution in [-0.4, -0.2) is 46.7 Å². The van der Waals surface area contributed by atoms with Crippen LogP contribution < -0.4 is 19.5 Å². The summed E-state index contributed by atoms with van der Waals surface area (Å²) in [5.41, 5.74) is 1.67. The molecule has 172 valence electrons. The lowest BCUT2D eigenvalue weighted by Gasteiger charge is -2.25. The first kappa shape index (κ1) is 22.6. The highest BCUT2D eigenvalue weighted by molar-refractivity contribution is 7.92. The van der Waals surface area contributed by atoms with Gasteiger partial charge in [-0.05, 0) is 50.0 Å². The number of nitrogens with zero attached hydrogens (tertiary/aromatic N) is 1. The SMILES string of the molecule is CN(C)[C@@H](CNC(=O)c1cccc(S(=O)(=O)Nc2ccc3c(c2)OCO3)c1)c1ccccc1. The third-order valence-corrected chi connectivity index (χ3v) is 6.67. The lowest BCUT2D eigenvalue weighted by molar-refractivity contribution is 0.0941. The van der Waals surface area contributed by atoms with E-state index in [1.54, 1.807) is 30.3 Å². The molecule has 0 unspecified atom stereocenters. The zero-order chi connectivity index (χ0) is 23.4. The number of hydrogen-bond acceptors (Lipinski definition) is 6. The van der Waals surface area contributed by atoms with E-state index in [1.807, 2.05) is 49.3 Å². The first-order chi connectivity index (χ1) is 15.8. The van der Waals surface area contributed by atoms with Crippen molar-refractivity contribution in [1.29, 1.82) is 0 Å². The summed E-state index contributed by atoms with van der Waals surface area (Å²) < 4.78 is 38.8. The van der Waals surface area contributed by atoms with Crippen molar-refractivity contribution >= 4 is 21.6 Å². The average Bonchev–Trinajstić information content (AvgIpc) is 3.27. The monoisotopic (exact) mass is 467 g/mol. The molecule has 0 aromatic heterocycles. The highest BCUT2D eigenvalue weighted by atomic mass is 32.2. The van der Waals surface area contributed by atoms with Gasteiger partial charge in [-0.25, -0.2) is 8.42 Å². The number of anilines is 1. The highest BCUT2D eigenvalue weighted by Crippen LogP contribution is 2.34. The van der Waals surface area contributed by atoms with Crippen LogP contribution >= 0.6 is 0 Å². The van der Waals surface area contributed by atoms with Gasteiger partial charge < -0.3 is 19.7 Å². The number of benzene rings is 3. The lowest BCUT2D eigenvalue weighted by Crippen LogP contribution is -2.34. The zero-order valence-corrected chi connectivity index (χ0v) is 19.1. The topological polar surface area (TPSA) is 97.0 Å². The third-order valence-electron chi connectivity index (χ3n) is 5.29. The number of hydrogen-bond donors (Lipinski definition) is 2. The van der Waals surface area contributed by atoms with Gasteiger partial charge in [-0.1, -0.05) is 36.4 Å². The first-order valence-electron chi connectivity index (χ1n) is 10.4. The van der Waals surface area contributed by atoms with Crippen LogP contribution in [0.1, 0.15) is 22.0 Å². The Kier molecular flexibility index (Phi) is 6.52. The molecule has 2 N–H and O–H groups in total. The zero-order valence-electron chi connectivity index (χ0n) is 18.3. The van der Waals surface area contributed by atoms with Gasteiger partial charge in [0.25, 0.3) is 15.9 Å². The molecule has 3 aromatic rings. The smallest absolute Gasteiger partial charge is 0.261 e. The highest BCUT2D eigenvalue weighted by Gasteiger charge is 2.20. The normalized spacial score (nSPS) is 13.5. The molecule has 0 radical (unpaired) electrons. The van der Waals surface area contributed by atoms with Crippen molar-refractivity contribution in [2.45, 2.75) is 10.9 Å². The molecule has 1 aliphatic heterocycles. The molecule has 0 aliphatic carbocycles. The second-order valence-corrected chi connectivity index (χ2v) is 9.48. The Balaban J connectivity index is 1.47. The number of likely N-dealkylation sites (N-methyl/N-ethyl adjacent to an activating group) is 1. The maximum atomic E-state index is 12.9. The number of carbonyl (C=O) groups is 1. The maximum Gasteiger partial charge on any atom is 0.261 e. The fourth-order valence-corrected chi connectivity index (χ4v) is 4.64. The summed E-state index contributed by atoms with van der Waals surface area (Å²) in [4.78, 5) is 14.8. The van der Waals surface area contributed by atoms with Gasteiger partial charge in [0.15, 0.2) is 11.5 Å². The van der Waals surface area contributed by atoms with Crippen molar-refractivity contribution in [3.05, 3.63) is 83.9 Å². The number of amides is 1. The van der Waals surface area contributed by atoms with Crippen LogP contribution in [0.15, 0.2) is 77.7 Å². The van der Waals surface area contributed by atoms with Gasteiger partial charge in [0.05, 0.1) is 16.6 Å². The molecule has 9 heteroatoms. The number of sulfonamides is 1. The average molecular weight is 468 g/mol. The Morgan fingerprint density at radius 2 is 1.73 bits per heavy atom. The molecule has 0 fully saturated rings. The van der Waals surface area contributed by atoms with Crippen molar-refractivity contribution in [2.75, 3.05) is 32.2 Å². The summed E-state index contributed by atoms with van der Waals surface area (Å²) >= 11 is 0. The predicted octanol–water partition coefficient (Wildman–Crippen LogP) is 3.25. The second-order valence-electron chi connectivity index (χ2n) is 7.80. The molecular formula is C24H25N3O5S. The number of carbonyl (C=O) groups excluding carboxylic acids is 1. The van der Waals surface area contributed by atoms with Crippen molar-refractivity contribution in [2.24, 2.45) is 0 Å². The third kappa shape index (κ3) is 5.27. The predicted molar refractivity (Wildman–Crippen MR) is 125 cm³/mol. The molecule has 3 aromatic carbocycles. The Morgan fingerprint density at radius 3 is 2.48 bits per heavy atom. The maximum absolute atomic E-state index is 12.9. The summed E-state index contributed by atoms with van der Waals surface area (Å²) in [6.45, 7) is 0.476. The summed E-state index contributed by atoms with van der Waals surface area (Å²) in [6, 6.07) is 20.6. The van der Waals surface area contributed by atoms with Gasteiger partial charge in [0.1, 0.15) is 0 Å². The van der Waals surface area contributed by atoms with Crippen molar-refractivity contribution < 1.29 is 22.7 Å². The number of rotatable bonds is 8. The van der Waals surface area contributed by atoms with Crippen LogP contribution in [0.3, 0.4) is 0 Å². The summed E-state index contributed by atoms with van der Waals surface area (Å²) in [5, 5.41) is 2.91. The fraction of sp³-hybridized carbons (Fsp3) is 0.208. The van der Waals surface area contributed by atoms with E-state index >= 15 is 0 Å². The summed E-state index contributed by atoms with van der Waals surface area (Å²) in [5.74, 6) is 0.679. The van der Waals surface area contributed by atoms with Crippen molar-refractivity contribution in [3.63, 3.8) is 0 Å². The van der Waals surface area contributed by atoms with E-state index in [2.05, 4.69) is 10.0 Å². The molecule has 1 atom stereocenters. The van der Waals surface area contributed by atoms with Crippen LogP contribution in [0.25, 0.3) is 0 Å². The fourth-order valence-electron chi connectivity index (χ4n) is 3.54. The van der Waals surface area contributed by atoms with Gasteiger partial charge in [0, 0.05) is 18.2 Å². The summed E-state index contributed by atoms with van der Waals surface area (Å²) in [7, 11) is -0.0225. The van der Waals surface area contributed by atoms with E-state index in [0.717, 1.165) is 5.56 Å². The van der Waals surface area contributed by atoms with Crippen molar-refractivity contribution in [3.8, 4) is 11.5 Å². The van der Waals surface area contributed by atoms with E-state index in [9.17, 15) is 13.2 Å². The van der Waals surface area contributed by atoms with Gasteiger partial charge in [0.2, 0.25) is 6.79 Å². The van der Waals surface area contributed by atoms with E-state index in [1.165, 1.54) is 12.1 Å². The van der Waals surface area contributed by atoms with E-state index < -0.39 is 10.0 Å². The molecule has 1 amide bonds. The Hall–Kier alpha value is -3.56. The molecule has 0 spiro atoms. The van der Waals surface area contributed by atoms with Crippen LogP contribution in [0.2, 0.25) is 0 Å². The molecule has 8 nitrogen and oxygen atoms in total. The van der Waals surface area contributed by atoms with Crippen LogP contribution in [0.5, 0.6) is 11.5 Å². The minimum Gasteiger partial charge on any atom is -0.454 e. The standard InChI is InChI=1S/C24H25N3O5S/c1-27(2)21(17-7-4-3-5-8-17)15-25-24(28)18-9-6-10-20(13-18)33(29,30)26-19-11-12-22-23(14-19)32-16-31-22/h3-14,21,26H,15-16H2,1-2H3,(H,25,28)/t21-/m0/s1. The second kappa shape index (κ2) is 9.51. The Morgan fingerprint density at radius 1 is 0.970 bits per heavy atom. The molecule has 33 heavy (non-hydrogen) atoms. The van der Waals surface area contributed by atoms with Gasteiger partial charge in [-0.3, -0.25) is 9.52 Å². The van der Waals surface area contributed by atoms with Gasteiger partial charge in [-0.2, -0.15) is 0 Å². The minimum atomic E-state index is -3.91.